The summed E-state index contributed by atoms with van der Waals surface area (Å²) < 4.78 is 34.6. The first-order valence-electron chi connectivity index (χ1n) is 11.8. The molecule has 2 heterocycles. The minimum absolute atomic E-state index is 0.0590. The van der Waals surface area contributed by atoms with Gasteiger partial charge in [0, 0.05) is 12.1 Å². The highest BCUT2D eigenvalue weighted by Crippen LogP contribution is 2.50. The maximum atomic E-state index is 12.4. The van der Waals surface area contributed by atoms with Crippen LogP contribution in [0.25, 0.3) is 0 Å². The maximum Gasteiger partial charge on any atom is 0.293 e. The molecular weight excluding hydrogens is 416 g/mol. The highest BCUT2D eigenvalue weighted by atomic mass is 19.1. The van der Waals surface area contributed by atoms with Crippen molar-refractivity contribution in [2.45, 2.75) is 82.6 Å². The SMILES string of the molecule is CC1CC(C)N(C)C1COC1CCC2CC2C1.Fc1cncnc1.O=COCC1(F)CC1. The fourth-order valence-electron chi connectivity index (χ4n) is 4.81. The monoisotopic (exact) mass is 453 g/mol. The number of aromatic nitrogens is 2. The molecule has 1 aromatic rings. The largest absolute Gasteiger partial charge is 0.464 e. The van der Waals surface area contributed by atoms with E-state index >= 15 is 0 Å². The van der Waals surface area contributed by atoms with E-state index in [1.165, 1.54) is 38.4 Å². The van der Waals surface area contributed by atoms with E-state index in [2.05, 4.69) is 40.5 Å². The molecule has 0 N–H and O–H groups in total. The molecule has 6 unspecified atom stereocenters. The lowest BCUT2D eigenvalue weighted by atomic mass is 9.97. The summed E-state index contributed by atoms with van der Waals surface area (Å²) in [6.45, 7) is 5.90. The minimum Gasteiger partial charge on any atom is -0.464 e. The second kappa shape index (κ2) is 11.5. The number of hydrogen-bond donors (Lipinski definition) is 0. The van der Waals surface area contributed by atoms with Crippen molar-refractivity contribution in [3.8, 4) is 0 Å². The Hall–Kier alpha value is -1.67. The summed E-state index contributed by atoms with van der Waals surface area (Å²) in [4.78, 5) is 18.8. The van der Waals surface area contributed by atoms with Crippen molar-refractivity contribution in [2.24, 2.45) is 17.8 Å². The molecule has 1 saturated heterocycles. The Kier molecular flexibility index (Phi) is 8.94. The third-order valence-electron chi connectivity index (χ3n) is 7.32. The van der Waals surface area contributed by atoms with Crippen LogP contribution in [0.4, 0.5) is 8.78 Å². The van der Waals surface area contributed by atoms with Crippen LogP contribution in [-0.4, -0.2) is 65.5 Å². The zero-order valence-corrected chi connectivity index (χ0v) is 19.5. The molecule has 5 rings (SSSR count). The lowest BCUT2D eigenvalue weighted by molar-refractivity contribution is -0.130. The number of halogens is 2. The van der Waals surface area contributed by atoms with Crippen LogP contribution >= 0.6 is 0 Å². The van der Waals surface area contributed by atoms with E-state index in [1.54, 1.807) is 0 Å². The number of hydrogen-bond acceptors (Lipinski definition) is 6. The summed E-state index contributed by atoms with van der Waals surface area (Å²) in [7, 11) is 2.26. The molecule has 0 aromatic carbocycles. The number of ether oxygens (including phenoxy) is 2. The van der Waals surface area contributed by atoms with Crippen molar-refractivity contribution in [3.63, 3.8) is 0 Å². The van der Waals surface area contributed by atoms with Gasteiger partial charge in [-0.15, -0.1) is 0 Å². The van der Waals surface area contributed by atoms with Gasteiger partial charge < -0.3 is 9.47 Å². The Labute approximate surface area is 190 Å². The van der Waals surface area contributed by atoms with Crippen molar-refractivity contribution >= 4 is 6.47 Å². The van der Waals surface area contributed by atoms with Gasteiger partial charge in [0.2, 0.25) is 0 Å². The van der Waals surface area contributed by atoms with Gasteiger partial charge in [-0.2, -0.15) is 0 Å². The molecule has 8 heteroatoms. The van der Waals surface area contributed by atoms with Gasteiger partial charge in [0.25, 0.3) is 6.47 Å². The quantitative estimate of drug-likeness (QED) is 0.602. The lowest BCUT2D eigenvalue weighted by Crippen LogP contribution is -2.37. The number of carbonyl (C=O) groups excluding carboxylic acids is 1. The Morgan fingerprint density at radius 2 is 1.88 bits per heavy atom. The first-order valence-corrected chi connectivity index (χ1v) is 11.8. The summed E-state index contributed by atoms with van der Waals surface area (Å²) in [6.07, 6.45) is 12.1. The van der Waals surface area contributed by atoms with Crippen LogP contribution in [0.15, 0.2) is 18.7 Å². The first kappa shape index (κ1) is 25.0. The van der Waals surface area contributed by atoms with E-state index in [4.69, 9.17) is 4.74 Å². The number of likely N-dealkylation sites (N-methyl/N-ethyl adjacent to an activating group) is 1. The number of carbonyl (C=O) groups is 1. The van der Waals surface area contributed by atoms with E-state index in [0.717, 1.165) is 42.8 Å². The third kappa shape index (κ3) is 7.73. The molecule has 1 aliphatic heterocycles. The van der Waals surface area contributed by atoms with E-state index in [-0.39, 0.29) is 13.1 Å². The second-order valence-corrected chi connectivity index (χ2v) is 9.93. The zero-order valence-electron chi connectivity index (χ0n) is 19.5. The van der Waals surface area contributed by atoms with Crippen LogP contribution in [0.5, 0.6) is 0 Å². The Balaban J connectivity index is 0.000000160. The maximum absolute atomic E-state index is 12.4. The van der Waals surface area contributed by atoms with E-state index < -0.39 is 11.5 Å². The van der Waals surface area contributed by atoms with Crippen molar-refractivity contribution < 1.29 is 23.0 Å². The van der Waals surface area contributed by atoms with E-state index in [9.17, 15) is 13.6 Å². The normalized spacial score (nSPS) is 34.2. The number of rotatable bonds is 6. The standard InChI is InChI=1S/C15H27NO.C5H7FO2.C4H3FN2/c1-10-6-11(2)16(3)15(10)9-17-14-5-4-12-7-13(12)8-14;6-5(1-2-5)3-8-4-7;5-4-1-6-3-7-2-4/h10-15H,4-9H2,1-3H3;4H,1-3H2;1-3H. The van der Waals surface area contributed by atoms with E-state index in [1.807, 2.05) is 0 Å². The Morgan fingerprint density at radius 3 is 2.38 bits per heavy atom. The number of alkyl halides is 1. The number of fused-ring (bicyclic) bond motifs is 1. The Bertz CT molecular complexity index is 707. The molecule has 0 amide bonds. The van der Waals surface area contributed by atoms with Gasteiger partial charge in [0.15, 0.2) is 5.82 Å². The predicted molar refractivity (Wildman–Crippen MR) is 117 cm³/mol. The van der Waals surface area contributed by atoms with Crippen LogP contribution in [0.3, 0.4) is 0 Å². The number of nitrogens with zero attached hydrogens (tertiary/aromatic N) is 3. The predicted octanol–water partition coefficient (Wildman–Crippen LogP) is 4.20. The van der Waals surface area contributed by atoms with Gasteiger partial charge in [-0.1, -0.05) is 6.92 Å². The van der Waals surface area contributed by atoms with Crippen LogP contribution in [-0.2, 0) is 14.3 Å². The highest BCUT2D eigenvalue weighted by Gasteiger charge is 2.44. The molecule has 3 aliphatic carbocycles. The zero-order chi connectivity index (χ0) is 23.1. The van der Waals surface area contributed by atoms with Crippen LogP contribution in [0.1, 0.15) is 58.8 Å². The van der Waals surface area contributed by atoms with Crippen LogP contribution in [0.2, 0.25) is 0 Å². The van der Waals surface area contributed by atoms with Gasteiger partial charge in [-0.05, 0) is 76.7 Å². The fourth-order valence-corrected chi connectivity index (χ4v) is 4.81. The lowest BCUT2D eigenvalue weighted by Gasteiger charge is -2.29. The second-order valence-electron chi connectivity index (χ2n) is 9.93. The van der Waals surface area contributed by atoms with Gasteiger partial charge in [0.05, 0.1) is 25.1 Å². The van der Waals surface area contributed by atoms with Gasteiger partial charge >= 0.3 is 0 Å². The summed E-state index contributed by atoms with van der Waals surface area (Å²) >= 11 is 0. The van der Waals surface area contributed by atoms with Crippen molar-refractivity contribution in [1.29, 1.82) is 0 Å². The van der Waals surface area contributed by atoms with Crippen molar-refractivity contribution in [3.05, 3.63) is 24.5 Å². The van der Waals surface area contributed by atoms with E-state index in [0.29, 0.717) is 25.0 Å². The summed E-state index contributed by atoms with van der Waals surface area (Å²) in [5, 5.41) is 0. The molecule has 0 radical (unpaired) electrons. The molecular formula is C24H37F2N3O3. The minimum atomic E-state index is -1.15. The molecule has 4 aliphatic rings. The van der Waals surface area contributed by atoms with Crippen LogP contribution < -0.4 is 0 Å². The summed E-state index contributed by atoms with van der Waals surface area (Å²) in [5.74, 6) is 2.52. The van der Waals surface area contributed by atoms with Gasteiger partial charge in [-0.25, -0.2) is 18.7 Å². The topological polar surface area (TPSA) is 64.5 Å². The molecule has 6 nitrogen and oxygen atoms in total. The average Bonchev–Trinajstić information content (AvgIpc) is 3.69. The number of likely N-dealkylation sites (tertiary alicyclic amines) is 1. The average molecular weight is 454 g/mol. The smallest absolute Gasteiger partial charge is 0.293 e. The van der Waals surface area contributed by atoms with Crippen LogP contribution in [0, 0.1) is 23.6 Å². The molecule has 0 bridgehead atoms. The molecule has 1 aromatic heterocycles. The van der Waals surface area contributed by atoms with Gasteiger partial charge in [-0.3, -0.25) is 9.69 Å². The molecule has 4 fully saturated rings. The molecule has 180 valence electrons. The molecule has 6 atom stereocenters. The van der Waals surface area contributed by atoms with Crippen molar-refractivity contribution in [1.82, 2.24) is 14.9 Å². The first-order chi connectivity index (χ1) is 15.3. The highest BCUT2D eigenvalue weighted by molar-refractivity contribution is 5.37. The molecule has 32 heavy (non-hydrogen) atoms. The fraction of sp³-hybridized carbons (Fsp3) is 0.792. The molecule has 3 saturated carbocycles. The summed E-state index contributed by atoms with van der Waals surface area (Å²) in [6, 6.07) is 1.39. The third-order valence-corrected chi connectivity index (χ3v) is 7.32. The Morgan fingerprint density at radius 1 is 1.16 bits per heavy atom. The van der Waals surface area contributed by atoms with Gasteiger partial charge in [0.1, 0.15) is 18.6 Å². The van der Waals surface area contributed by atoms with Crippen molar-refractivity contribution in [2.75, 3.05) is 20.3 Å². The molecule has 0 spiro atoms. The summed E-state index contributed by atoms with van der Waals surface area (Å²) in [5.41, 5.74) is -1.15.